The first kappa shape index (κ1) is 20.8. The molecule has 0 bridgehead atoms. The zero-order chi connectivity index (χ0) is 18.5. The van der Waals surface area contributed by atoms with Crippen LogP contribution in [0.1, 0.15) is 90.9 Å². The molecule has 3 nitrogen and oxygen atoms in total. The van der Waals surface area contributed by atoms with Crippen LogP contribution in [-0.4, -0.2) is 28.7 Å². The Morgan fingerprint density at radius 2 is 1.84 bits per heavy atom. The Morgan fingerprint density at radius 1 is 1.16 bits per heavy atom. The highest BCUT2D eigenvalue weighted by Crippen LogP contribution is 2.49. The van der Waals surface area contributed by atoms with Gasteiger partial charge in [0.15, 0.2) is 0 Å². The molecule has 146 valence electrons. The number of carbonyl (C=O) groups is 1. The molecule has 5 heteroatoms. The van der Waals surface area contributed by atoms with Crippen LogP contribution in [0.2, 0.25) is 0 Å². The van der Waals surface area contributed by atoms with Gasteiger partial charge in [-0.1, -0.05) is 52.4 Å². The number of ketones is 1. The molecule has 0 aromatic rings. The molecule has 0 radical (unpaired) electrons. The van der Waals surface area contributed by atoms with Crippen LogP contribution < -0.4 is 0 Å². The average Bonchev–Trinajstić information content (AvgIpc) is 2.87. The Labute approximate surface area is 150 Å². The first-order valence-corrected chi connectivity index (χ1v) is 10.2. The lowest BCUT2D eigenvalue weighted by molar-refractivity contribution is -0.356. The number of aliphatic hydroxyl groups is 1. The van der Waals surface area contributed by atoms with E-state index in [1.165, 1.54) is 19.3 Å². The van der Waals surface area contributed by atoms with E-state index in [1.54, 1.807) is 0 Å². The lowest BCUT2D eigenvalue weighted by atomic mass is 9.81. The number of halogens is 2. The molecule has 1 aliphatic heterocycles. The molecule has 1 saturated carbocycles. The van der Waals surface area contributed by atoms with Crippen LogP contribution in [0.5, 0.6) is 0 Å². The zero-order valence-corrected chi connectivity index (χ0v) is 15.7. The largest absolute Gasteiger partial charge is 0.361 e. The highest BCUT2D eigenvalue weighted by atomic mass is 19.3. The molecule has 2 fully saturated rings. The maximum absolute atomic E-state index is 14.4. The third-order valence-electron chi connectivity index (χ3n) is 6.01. The van der Waals surface area contributed by atoms with Crippen LogP contribution in [0.15, 0.2) is 0 Å². The smallest absolute Gasteiger partial charge is 0.300 e. The third-order valence-corrected chi connectivity index (χ3v) is 6.01. The first-order valence-electron chi connectivity index (χ1n) is 10.2. The molecule has 4 atom stereocenters. The van der Waals surface area contributed by atoms with Gasteiger partial charge in [0.05, 0.1) is 6.10 Å². The molecule has 0 aromatic carbocycles. The van der Waals surface area contributed by atoms with Gasteiger partial charge >= 0.3 is 5.92 Å². The van der Waals surface area contributed by atoms with Gasteiger partial charge in [0.1, 0.15) is 5.78 Å². The number of hydrogen-bond donors (Lipinski definition) is 1. The number of carbonyl (C=O) groups excluding carboxylic acids is 1. The topological polar surface area (TPSA) is 46.5 Å². The summed E-state index contributed by atoms with van der Waals surface area (Å²) in [6.45, 7) is 4.01. The molecule has 0 amide bonds. The van der Waals surface area contributed by atoms with E-state index >= 15 is 0 Å². The summed E-state index contributed by atoms with van der Waals surface area (Å²) in [7, 11) is 0. The molecule has 2 rings (SSSR count). The van der Waals surface area contributed by atoms with Gasteiger partial charge in [-0.3, -0.25) is 4.79 Å². The Morgan fingerprint density at radius 3 is 2.52 bits per heavy atom. The van der Waals surface area contributed by atoms with E-state index in [4.69, 9.17) is 4.74 Å². The minimum atomic E-state index is -3.25. The second kappa shape index (κ2) is 8.90. The highest BCUT2D eigenvalue weighted by Gasteiger charge is 2.59. The summed E-state index contributed by atoms with van der Waals surface area (Å²) in [6.07, 6.45) is 7.19. The van der Waals surface area contributed by atoms with Crippen molar-refractivity contribution in [2.75, 3.05) is 0 Å². The average molecular weight is 360 g/mol. The van der Waals surface area contributed by atoms with E-state index in [-0.39, 0.29) is 36.9 Å². The van der Waals surface area contributed by atoms with Crippen molar-refractivity contribution in [3.63, 3.8) is 0 Å². The number of ether oxygens (including phenoxy) is 1. The maximum Gasteiger partial charge on any atom is 0.300 e. The van der Waals surface area contributed by atoms with Crippen molar-refractivity contribution >= 4 is 5.78 Å². The summed E-state index contributed by atoms with van der Waals surface area (Å²) in [5.41, 5.74) is 0. The van der Waals surface area contributed by atoms with Crippen LogP contribution in [0.4, 0.5) is 8.78 Å². The van der Waals surface area contributed by atoms with Crippen LogP contribution in [-0.2, 0) is 9.53 Å². The predicted molar refractivity (Wildman–Crippen MR) is 93.5 cm³/mol. The number of alkyl halides is 2. The standard InChI is InChI=1S/C20H34F2O3/c1-3-5-7-8-9-10-15-16-11-13-20(24,19(21,22)12-6-4-2)25-18(16)14-17(15)23/h15-16,18,24H,3-14H2,1-2H3/t15-,16-,18-,20?/m1/s1. The van der Waals surface area contributed by atoms with E-state index < -0.39 is 17.8 Å². The van der Waals surface area contributed by atoms with Gasteiger partial charge in [0, 0.05) is 25.2 Å². The van der Waals surface area contributed by atoms with Crippen molar-refractivity contribution in [3.05, 3.63) is 0 Å². The van der Waals surface area contributed by atoms with Crippen molar-refractivity contribution in [1.29, 1.82) is 0 Å². The van der Waals surface area contributed by atoms with E-state index in [1.807, 2.05) is 6.92 Å². The zero-order valence-electron chi connectivity index (χ0n) is 15.7. The number of unbranched alkanes of at least 4 members (excludes halogenated alkanes) is 5. The Bertz CT molecular complexity index is 441. The fraction of sp³-hybridized carbons (Fsp3) is 0.950. The summed E-state index contributed by atoms with van der Waals surface area (Å²) in [5.74, 6) is -5.59. The van der Waals surface area contributed by atoms with Gasteiger partial charge in [0.2, 0.25) is 5.79 Å². The molecule has 1 heterocycles. The van der Waals surface area contributed by atoms with Crippen LogP contribution >= 0.6 is 0 Å². The number of rotatable bonds is 10. The number of Topliss-reactive ketones (excluding diaryl/α,β-unsaturated/α-hetero) is 1. The van der Waals surface area contributed by atoms with Gasteiger partial charge in [-0.2, -0.15) is 0 Å². The fourth-order valence-corrected chi connectivity index (χ4v) is 4.39. The molecular weight excluding hydrogens is 326 g/mol. The minimum absolute atomic E-state index is 0.000857. The van der Waals surface area contributed by atoms with E-state index in [9.17, 15) is 18.7 Å². The van der Waals surface area contributed by atoms with Crippen molar-refractivity contribution in [3.8, 4) is 0 Å². The van der Waals surface area contributed by atoms with Crippen LogP contribution in [0, 0.1) is 11.8 Å². The third kappa shape index (κ3) is 4.79. The molecule has 1 aliphatic carbocycles. The van der Waals surface area contributed by atoms with E-state index in [0.29, 0.717) is 19.3 Å². The van der Waals surface area contributed by atoms with Gasteiger partial charge < -0.3 is 9.84 Å². The summed E-state index contributed by atoms with van der Waals surface area (Å²) in [6, 6.07) is 0. The normalized spacial score (nSPS) is 32.8. The number of fused-ring (bicyclic) bond motifs is 1. The van der Waals surface area contributed by atoms with Crippen molar-refractivity contribution < 1.29 is 23.4 Å². The van der Waals surface area contributed by atoms with Crippen molar-refractivity contribution in [2.24, 2.45) is 11.8 Å². The van der Waals surface area contributed by atoms with Crippen LogP contribution in [0.3, 0.4) is 0 Å². The van der Waals surface area contributed by atoms with Gasteiger partial charge in [-0.25, -0.2) is 8.78 Å². The molecular formula is C20H34F2O3. The van der Waals surface area contributed by atoms with Gasteiger partial charge in [-0.05, 0) is 25.2 Å². The van der Waals surface area contributed by atoms with E-state index in [0.717, 1.165) is 19.3 Å². The Balaban J connectivity index is 1.91. The lowest BCUT2D eigenvalue weighted by Gasteiger charge is -2.43. The fourth-order valence-electron chi connectivity index (χ4n) is 4.39. The quantitative estimate of drug-likeness (QED) is 0.542. The Hall–Kier alpha value is -0.550. The first-order chi connectivity index (χ1) is 11.8. The number of hydrogen-bond acceptors (Lipinski definition) is 3. The molecule has 25 heavy (non-hydrogen) atoms. The molecule has 0 aromatic heterocycles. The minimum Gasteiger partial charge on any atom is -0.361 e. The SMILES string of the molecule is CCCCCCC[C@H]1C(=O)C[C@H]2OC(O)(C(F)(F)CCCC)CC[C@@H]21. The van der Waals surface area contributed by atoms with Crippen molar-refractivity contribution in [2.45, 2.75) is 109 Å². The second-order valence-electron chi connectivity index (χ2n) is 7.93. The molecule has 2 aliphatic rings. The lowest BCUT2D eigenvalue weighted by Crippen LogP contribution is -2.55. The maximum atomic E-state index is 14.4. The van der Waals surface area contributed by atoms with Gasteiger partial charge in [-0.15, -0.1) is 0 Å². The molecule has 0 spiro atoms. The molecule has 1 N–H and O–H groups in total. The van der Waals surface area contributed by atoms with Crippen molar-refractivity contribution in [1.82, 2.24) is 0 Å². The second-order valence-corrected chi connectivity index (χ2v) is 7.93. The summed E-state index contributed by atoms with van der Waals surface area (Å²) < 4.78 is 34.3. The van der Waals surface area contributed by atoms with E-state index in [2.05, 4.69) is 6.92 Å². The Kier molecular flexibility index (Phi) is 7.39. The summed E-state index contributed by atoms with van der Waals surface area (Å²) >= 11 is 0. The van der Waals surface area contributed by atoms with Gasteiger partial charge in [0.25, 0.3) is 0 Å². The highest BCUT2D eigenvalue weighted by molar-refractivity contribution is 5.84. The van der Waals surface area contributed by atoms with Crippen LogP contribution in [0.25, 0.3) is 0 Å². The monoisotopic (exact) mass is 360 g/mol. The molecule has 1 saturated heterocycles. The predicted octanol–water partition coefficient (Wildman–Crippen LogP) is 5.25. The molecule has 1 unspecified atom stereocenters. The summed E-state index contributed by atoms with van der Waals surface area (Å²) in [4.78, 5) is 12.3. The summed E-state index contributed by atoms with van der Waals surface area (Å²) in [5, 5.41) is 10.4.